The van der Waals surface area contributed by atoms with Gasteiger partial charge in [-0.05, 0) is 12.1 Å². The maximum absolute atomic E-state index is 12.4. The van der Waals surface area contributed by atoms with Crippen LogP contribution in [0.25, 0.3) is 0 Å². The largest absolute Gasteiger partial charge is 0.382 e. The lowest BCUT2D eigenvalue weighted by Crippen LogP contribution is -2.47. The highest BCUT2D eigenvalue weighted by molar-refractivity contribution is 8.00. The summed E-state index contributed by atoms with van der Waals surface area (Å²) >= 11 is 1.66. The Bertz CT molecular complexity index is 446. The number of rotatable bonds is 1. The lowest BCUT2D eigenvalue weighted by Gasteiger charge is -2.32. The summed E-state index contributed by atoms with van der Waals surface area (Å²) in [6.45, 7) is 3.47. The van der Waals surface area contributed by atoms with Gasteiger partial charge in [-0.2, -0.15) is 0 Å². The minimum Gasteiger partial charge on any atom is -0.382 e. The molecular weight excluding hydrogens is 248 g/mol. The molecule has 2 aliphatic heterocycles. The number of ether oxygens (including phenoxy) is 1. The number of para-hydroxylation sites is 1. The molecule has 2 aliphatic rings. The Morgan fingerprint density at radius 1 is 1.33 bits per heavy atom. The predicted molar refractivity (Wildman–Crippen MR) is 72.0 cm³/mol. The Morgan fingerprint density at radius 2 is 2.11 bits per heavy atom. The van der Waals surface area contributed by atoms with Crippen LogP contribution in [0.4, 0.5) is 5.69 Å². The molecule has 0 unspecified atom stereocenters. The first-order chi connectivity index (χ1) is 8.84. The molecule has 0 saturated carbocycles. The molecule has 1 atom stereocenters. The van der Waals surface area contributed by atoms with Crippen LogP contribution in [0.2, 0.25) is 0 Å². The van der Waals surface area contributed by atoms with Gasteiger partial charge in [0.1, 0.15) is 5.25 Å². The number of amides is 1. The number of nitrogens with zero attached hydrogens (tertiary/aromatic N) is 1. The smallest absolute Gasteiger partial charge is 0.238 e. The Morgan fingerprint density at radius 3 is 2.94 bits per heavy atom. The summed E-state index contributed by atoms with van der Waals surface area (Å²) in [5, 5.41) is 3.32. The molecule has 0 aliphatic carbocycles. The summed E-state index contributed by atoms with van der Waals surface area (Å²) in [5.74, 6) is 0.227. The topological polar surface area (TPSA) is 41.6 Å². The number of thioether (sulfide) groups is 1. The average molecular weight is 264 g/mol. The number of hydrogen-bond acceptors (Lipinski definition) is 4. The second kappa shape index (κ2) is 5.20. The van der Waals surface area contributed by atoms with E-state index in [1.54, 1.807) is 11.8 Å². The summed E-state index contributed by atoms with van der Waals surface area (Å²) in [4.78, 5) is 15.4. The number of hydrogen-bond donors (Lipinski definition) is 1. The Labute approximate surface area is 111 Å². The zero-order valence-corrected chi connectivity index (χ0v) is 10.9. The summed E-state index contributed by atoms with van der Waals surface area (Å²) in [7, 11) is 0. The fraction of sp³-hybridized carbons (Fsp3) is 0.462. The van der Waals surface area contributed by atoms with E-state index in [1.165, 1.54) is 0 Å². The molecule has 1 N–H and O–H groups in total. The van der Waals surface area contributed by atoms with Crippen LogP contribution in [-0.2, 0) is 9.53 Å². The third kappa shape index (κ3) is 2.33. The fourth-order valence-corrected chi connectivity index (χ4v) is 3.39. The number of nitrogens with one attached hydrogen (secondary N) is 1. The Hall–Kier alpha value is -1.20. The van der Waals surface area contributed by atoms with Gasteiger partial charge >= 0.3 is 0 Å². The molecule has 0 radical (unpaired) electrons. The van der Waals surface area contributed by atoms with Gasteiger partial charge in [-0.15, -0.1) is 11.8 Å². The minimum atomic E-state index is -0.0157. The molecule has 5 heteroatoms. The van der Waals surface area contributed by atoms with Gasteiger partial charge in [-0.25, -0.2) is 0 Å². The summed E-state index contributed by atoms with van der Waals surface area (Å²) in [5.41, 5.74) is 1.13. The Balaban J connectivity index is 1.69. The van der Waals surface area contributed by atoms with Gasteiger partial charge in [-0.1, -0.05) is 12.1 Å². The van der Waals surface area contributed by atoms with Gasteiger partial charge in [0.25, 0.3) is 0 Å². The highest BCUT2D eigenvalue weighted by Gasteiger charge is 2.29. The number of carbonyl (C=O) groups is 1. The van der Waals surface area contributed by atoms with Gasteiger partial charge in [-0.3, -0.25) is 4.79 Å². The maximum Gasteiger partial charge on any atom is 0.238 e. The quantitative estimate of drug-likeness (QED) is 0.833. The molecule has 1 aromatic carbocycles. The molecule has 18 heavy (non-hydrogen) atoms. The summed E-state index contributed by atoms with van der Waals surface area (Å²) in [6, 6.07) is 8.13. The van der Waals surface area contributed by atoms with E-state index >= 15 is 0 Å². The maximum atomic E-state index is 12.4. The average Bonchev–Trinajstić information content (AvgIpc) is 2.47. The first-order valence-corrected chi connectivity index (χ1v) is 7.08. The van der Waals surface area contributed by atoms with E-state index in [0.29, 0.717) is 19.8 Å². The van der Waals surface area contributed by atoms with Crippen LogP contribution in [0, 0.1) is 0 Å². The van der Waals surface area contributed by atoms with Crippen LogP contribution in [-0.4, -0.2) is 48.9 Å². The zero-order valence-electron chi connectivity index (χ0n) is 10.1. The Kier molecular flexibility index (Phi) is 3.43. The van der Waals surface area contributed by atoms with E-state index in [2.05, 4.69) is 17.4 Å². The van der Waals surface area contributed by atoms with Crippen molar-refractivity contribution < 1.29 is 9.53 Å². The van der Waals surface area contributed by atoms with Crippen molar-refractivity contribution >= 4 is 23.4 Å². The number of fused-ring (bicyclic) bond motifs is 1. The van der Waals surface area contributed by atoms with Gasteiger partial charge in [0, 0.05) is 30.2 Å². The number of morpholine rings is 1. The normalized spacial score (nSPS) is 23.1. The predicted octanol–water partition coefficient (Wildman–Crippen LogP) is 1.43. The molecule has 1 aromatic rings. The van der Waals surface area contributed by atoms with Crippen molar-refractivity contribution in [3.8, 4) is 0 Å². The van der Waals surface area contributed by atoms with E-state index in [1.807, 2.05) is 17.0 Å². The number of benzene rings is 1. The van der Waals surface area contributed by atoms with Crippen molar-refractivity contribution in [2.75, 3.05) is 38.2 Å². The van der Waals surface area contributed by atoms with Crippen molar-refractivity contribution in [2.45, 2.75) is 10.1 Å². The van der Waals surface area contributed by atoms with Gasteiger partial charge in [0.15, 0.2) is 0 Å². The van der Waals surface area contributed by atoms with Crippen LogP contribution in [0.15, 0.2) is 29.2 Å². The highest BCUT2D eigenvalue weighted by atomic mass is 32.2. The van der Waals surface area contributed by atoms with Crippen molar-refractivity contribution in [3.63, 3.8) is 0 Å². The van der Waals surface area contributed by atoms with E-state index in [9.17, 15) is 4.79 Å². The molecule has 1 amide bonds. The SMILES string of the molecule is O=C([C@@H]1CNc2ccccc2S1)N1CCOCC1. The molecule has 1 fully saturated rings. The summed E-state index contributed by atoms with van der Waals surface area (Å²) in [6.07, 6.45) is 0. The molecule has 0 bridgehead atoms. The number of carbonyl (C=O) groups excluding carboxylic acids is 1. The van der Waals surface area contributed by atoms with Crippen molar-refractivity contribution in [2.24, 2.45) is 0 Å². The van der Waals surface area contributed by atoms with Crippen LogP contribution in [0.3, 0.4) is 0 Å². The number of anilines is 1. The van der Waals surface area contributed by atoms with Crippen LogP contribution < -0.4 is 5.32 Å². The molecule has 4 nitrogen and oxygen atoms in total. The van der Waals surface area contributed by atoms with Crippen molar-refractivity contribution in [3.05, 3.63) is 24.3 Å². The summed E-state index contributed by atoms with van der Waals surface area (Å²) < 4.78 is 5.28. The van der Waals surface area contributed by atoms with E-state index in [-0.39, 0.29) is 11.2 Å². The molecule has 3 rings (SSSR count). The van der Waals surface area contributed by atoms with E-state index in [4.69, 9.17) is 4.74 Å². The standard InChI is InChI=1S/C13H16N2O2S/c16-13(15-5-7-17-8-6-15)12-9-14-10-3-1-2-4-11(10)18-12/h1-4,12,14H,5-9H2/t12-/m0/s1. The molecule has 1 saturated heterocycles. The van der Waals surface area contributed by atoms with Gasteiger partial charge in [0.2, 0.25) is 5.91 Å². The highest BCUT2D eigenvalue weighted by Crippen LogP contribution is 2.35. The van der Waals surface area contributed by atoms with Crippen molar-refractivity contribution in [1.82, 2.24) is 4.90 Å². The molecule has 0 aromatic heterocycles. The van der Waals surface area contributed by atoms with Gasteiger partial charge < -0.3 is 15.0 Å². The monoisotopic (exact) mass is 264 g/mol. The molecule has 96 valence electrons. The molecule has 0 spiro atoms. The lowest BCUT2D eigenvalue weighted by atomic mass is 10.2. The second-order valence-corrected chi connectivity index (χ2v) is 5.67. The lowest BCUT2D eigenvalue weighted by molar-refractivity contribution is -0.134. The molecular formula is C13H16N2O2S. The van der Waals surface area contributed by atoms with E-state index in [0.717, 1.165) is 23.7 Å². The van der Waals surface area contributed by atoms with Crippen molar-refractivity contribution in [1.29, 1.82) is 0 Å². The van der Waals surface area contributed by atoms with Crippen LogP contribution >= 0.6 is 11.8 Å². The third-order valence-corrected chi connectivity index (χ3v) is 4.50. The van der Waals surface area contributed by atoms with Gasteiger partial charge in [0.05, 0.1) is 13.2 Å². The van der Waals surface area contributed by atoms with Crippen LogP contribution in [0.5, 0.6) is 0 Å². The molecule has 2 heterocycles. The first kappa shape index (κ1) is 11.9. The van der Waals surface area contributed by atoms with E-state index < -0.39 is 0 Å². The first-order valence-electron chi connectivity index (χ1n) is 6.21. The minimum absolute atomic E-state index is 0.0157. The zero-order chi connectivity index (χ0) is 12.4. The third-order valence-electron chi connectivity index (χ3n) is 3.23. The second-order valence-electron chi connectivity index (χ2n) is 4.42. The fourth-order valence-electron chi connectivity index (χ4n) is 2.24. The van der Waals surface area contributed by atoms with Crippen LogP contribution in [0.1, 0.15) is 0 Å².